The van der Waals surface area contributed by atoms with E-state index in [2.05, 4.69) is 10.2 Å². The number of piperazine rings is 1. The number of anilines is 2. The fourth-order valence-corrected chi connectivity index (χ4v) is 2.76. The average Bonchev–Trinajstić information content (AvgIpc) is 2.54. The van der Waals surface area contributed by atoms with Crippen molar-refractivity contribution in [1.29, 1.82) is 0 Å². The van der Waals surface area contributed by atoms with Crippen LogP contribution in [0.3, 0.4) is 0 Å². The summed E-state index contributed by atoms with van der Waals surface area (Å²) in [5.74, 6) is -0.117. The van der Waals surface area contributed by atoms with Gasteiger partial charge in [-0.05, 0) is 24.3 Å². The van der Waals surface area contributed by atoms with Crippen molar-refractivity contribution in [2.24, 2.45) is 0 Å². The molecule has 0 spiro atoms. The molecule has 112 valence electrons. The number of amides is 3. The van der Waals surface area contributed by atoms with Crippen molar-refractivity contribution in [3.8, 4) is 0 Å². The van der Waals surface area contributed by atoms with Crippen molar-refractivity contribution in [1.82, 2.24) is 10.2 Å². The van der Waals surface area contributed by atoms with Crippen LogP contribution < -0.4 is 15.1 Å². The van der Waals surface area contributed by atoms with Gasteiger partial charge in [0.05, 0.1) is 0 Å². The fraction of sp³-hybridized carbons (Fsp3) is 0.467. The molecule has 0 radical (unpaired) electrons. The molecule has 3 rings (SSSR count). The van der Waals surface area contributed by atoms with Gasteiger partial charge in [-0.2, -0.15) is 0 Å². The maximum atomic E-state index is 12.1. The lowest BCUT2D eigenvalue weighted by molar-refractivity contribution is -0.127. The van der Waals surface area contributed by atoms with E-state index in [4.69, 9.17) is 0 Å². The number of hydrogen-bond acceptors (Lipinski definition) is 4. The molecule has 2 aliphatic heterocycles. The average molecular weight is 288 g/mol. The van der Waals surface area contributed by atoms with Gasteiger partial charge in [-0.25, -0.2) is 4.79 Å². The van der Waals surface area contributed by atoms with E-state index in [9.17, 15) is 9.59 Å². The number of imide groups is 1. The van der Waals surface area contributed by atoms with Gasteiger partial charge >= 0.3 is 6.03 Å². The highest BCUT2D eigenvalue weighted by Crippen LogP contribution is 2.24. The first-order chi connectivity index (χ1) is 10.2. The first kappa shape index (κ1) is 13.9. The van der Waals surface area contributed by atoms with Gasteiger partial charge in [-0.15, -0.1) is 0 Å². The van der Waals surface area contributed by atoms with Gasteiger partial charge in [-0.3, -0.25) is 14.6 Å². The van der Waals surface area contributed by atoms with Crippen molar-refractivity contribution in [2.45, 2.75) is 6.42 Å². The minimum Gasteiger partial charge on any atom is -0.369 e. The molecule has 0 bridgehead atoms. The van der Waals surface area contributed by atoms with Crippen molar-refractivity contribution in [2.75, 3.05) is 49.6 Å². The van der Waals surface area contributed by atoms with Crippen LogP contribution in [0.15, 0.2) is 24.3 Å². The smallest absolute Gasteiger partial charge is 0.330 e. The Morgan fingerprint density at radius 1 is 0.952 bits per heavy atom. The zero-order valence-corrected chi connectivity index (χ0v) is 12.2. The van der Waals surface area contributed by atoms with E-state index in [0.29, 0.717) is 13.0 Å². The van der Waals surface area contributed by atoms with E-state index in [-0.39, 0.29) is 11.9 Å². The molecule has 0 unspecified atom stereocenters. The lowest BCUT2D eigenvalue weighted by Gasteiger charge is -2.33. The summed E-state index contributed by atoms with van der Waals surface area (Å²) in [6.45, 7) is 4.45. The summed E-state index contributed by atoms with van der Waals surface area (Å²) in [5.41, 5.74) is 2.02. The standard InChI is InChI=1S/C15H20N4O2/c1-17-14(20)6-9-19(15(17)21)13-4-2-12(3-5-13)18-10-7-16-8-11-18/h2-5,16H,6-11H2,1H3. The van der Waals surface area contributed by atoms with Gasteiger partial charge in [0.2, 0.25) is 5.91 Å². The van der Waals surface area contributed by atoms with E-state index in [1.807, 2.05) is 24.3 Å². The van der Waals surface area contributed by atoms with Crippen molar-refractivity contribution < 1.29 is 9.59 Å². The molecule has 2 saturated heterocycles. The third kappa shape index (κ3) is 2.71. The number of hydrogen-bond donors (Lipinski definition) is 1. The Morgan fingerprint density at radius 3 is 2.24 bits per heavy atom. The highest BCUT2D eigenvalue weighted by molar-refractivity contribution is 6.05. The first-order valence-electron chi connectivity index (χ1n) is 7.30. The molecule has 21 heavy (non-hydrogen) atoms. The summed E-state index contributed by atoms with van der Waals surface area (Å²) in [6, 6.07) is 7.76. The monoisotopic (exact) mass is 288 g/mol. The molecule has 6 nitrogen and oxygen atoms in total. The third-order valence-electron chi connectivity index (χ3n) is 4.08. The number of benzene rings is 1. The van der Waals surface area contributed by atoms with Gasteiger partial charge in [0.25, 0.3) is 0 Å². The largest absolute Gasteiger partial charge is 0.369 e. The van der Waals surface area contributed by atoms with Gasteiger partial charge in [0.15, 0.2) is 0 Å². The lowest BCUT2D eigenvalue weighted by atomic mass is 10.2. The Morgan fingerprint density at radius 2 is 1.57 bits per heavy atom. The van der Waals surface area contributed by atoms with E-state index in [1.165, 1.54) is 17.6 Å². The Balaban J connectivity index is 1.74. The Bertz CT molecular complexity index is 537. The first-order valence-corrected chi connectivity index (χ1v) is 7.30. The molecule has 0 aliphatic carbocycles. The van der Waals surface area contributed by atoms with Crippen LogP contribution >= 0.6 is 0 Å². The van der Waals surface area contributed by atoms with Crippen LogP contribution in [0.4, 0.5) is 16.2 Å². The number of carbonyl (C=O) groups is 2. The Labute approximate surface area is 124 Å². The topological polar surface area (TPSA) is 55.9 Å². The zero-order chi connectivity index (χ0) is 14.8. The minimum absolute atomic E-state index is 0.117. The zero-order valence-electron chi connectivity index (χ0n) is 12.2. The Hall–Kier alpha value is -2.08. The summed E-state index contributed by atoms with van der Waals surface area (Å²) >= 11 is 0. The molecule has 0 saturated carbocycles. The lowest BCUT2D eigenvalue weighted by Crippen LogP contribution is -2.50. The predicted molar refractivity (Wildman–Crippen MR) is 81.7 cm³/mol. The van der Waals surface area contributed by atoms with E-state index in [0.717, 1.165) is 31.9 Å². The number of nitrogens with one attached hydrogen (secondary N) is 1. The molecule has 3 amide bonds. The van der Waals surface area contributed by atoms with E-state index in [1.54, 1.807) is 4.90 Å². The molecular weight excluding hydrogens is 268 g/mol. The fourth-order valence-electron chi connectivity index (χ4n) is 2.76. The van der Waals surface area contributed by atoms with Crippen molar-refractivity contribution in [3.05, 3.63) is 24.3 Å². The maximum absolute atomic E-state index is 12.1. The molecule has 0 atom stereocenters. The summed E-state index contributed by atoms with van der Waals surface area (Å²) in [6.07, 6.45) is 0.377. The van der Waals surface area contributed by atoms with Crippen LogP contribution in [0.5, 0.6) is 0 Å². The summed E-state index contributed by atoms with van der Waals surface area (Å²) in [5, 5.41) is 3.33. The van der Waals surface area contributed by atoms with Crippen molar-refractivity contribution >= 4 is 23.3 Å². The predicted octanol–water partition coefficient (Wildman–Crippen LogP) is 0.885. The molecule has 6 heteroatoms. The molecule has 1 aromatic carbocycles. The van der Waals surface area contributed by atoms with E-state index < -0.39 is 0 Å². The highest BCUT2D eigenvalue weighted by Gasteiger charge is 2.29. The van der Waals surface area contributed by atoms with E-state index >= 15 is 0 Å². The minimum atomic E-state index is -0.249. The molecule has 2 aliphatic rings. The number of nitrogens with zero attached hydrogens (tertiary/aromatic N) is 3. The Kier molecular flexibility index (Phi) is 3.79. The number of urea groups is 1. The SMILES string of the molecule is CN1C(=O)CCN(c2ccc(N3CCNCC3)cc2)C1=O. The van der Waals surface area contributed by atoms with Crippen LogP contribution in [-0.2, 0) is 4.79 Å². The molecular formula is C15H20N4O2. The van der Waals surface area contributed by atoms with Crippen LogP contribution in [0, 0.1) is 0 Å². The maximum Gasteiger partial charge on any atom is 0.330 e. The summed E-state index contributed by atoms with van der Waals surface area (Å²) < 4.78 is 0. The van der Waals surface area contributed by atoms with Crippen LogP contribution in [0.25, 0.3) is 0 Å². The molecule has 0 aromatic heterocycles. The second kappa shape index (κ2) is 5.73. The normalized spacial score (nSPS) is 20.1. The summed E-state index contributed by atoms with van der Waals surface area (Å²) in [7, 11) is 1.53. The van der Waals surface area contributed by atoms with Gasteiger partial charge in [0.1, 0.15) is 0 Å². The van der Waals surface area contributed by atoms with Gasteiger partial charge in [0, 0.05) is 57.6 Å². The molecule has 2 heterocycles. The number of rotatable bonds is 2. The molecule has 1 aromatic rings. The van der Waals surface area contributed by atoms with Gasteiger partial charge in [-0.1, -0.05) is 0 Å². The number of carbonyl (C=O) groups excluding carboxylic acids is 2. The van der Waals surface area contributed by atoms with Crippen LogP contribution in [0.1, 0.15) is 6.42 Å². The van der Waals surface area contributed by atoms with Crippen molar-refractivity contribution in [3.63, 3.8) is 0 Å². The van der Waals surface area contributed by atoms with Crippen LogP contribution in [0.2, 0.25) is 0 Å². The summed E-state index contributed by atoms with van der Waals surface area (Å²) in [4.78, 5) is 28.8. The third-order valence-corrected chi connectivity index (χ3v) is 4.08. The molecule has 1 N–H and O–H groups in total. The quantitative estimate of drug-likeness (QED) is 0.878. The second-order valence-corrected chi connectivity index (χ2v) is 5.39. The second-order valence-electron chi connectivity index (χ2n) is 5.39. The highest BCUT2D eigenvalue weighted by atomic mass is 16.2. The molecule has 2 fully saturated rings. The van der Waals surface area contributed by atoms with Crippen LogP contribution in [-0.4, -0.2) is 56.6 Å². The van der Waals surface area contributed by atoms with Gasteiger partial charge < -0.3 is 10.2 Å².